The summed E-state index contributed by atoms with van der Waals surface area (Å²) >= 11 is 0. The minimum atomic E-state index is -0.393. The maximum absolute atomic E-state index is 8.41. The van der Waals surface area contributed by atoms with Crippen molar-refractivity contribution in [3.05, 3.63) is 35.0 Å². The first kappa shape index (κ1) is 18.0. The summed E-state index contributed by atoms with van der Waals surface area (Å²) in [5.41, 5.74) is 2.75. The van der Waals surface area contributed by atoms with Crippen molar-refractivity contribution >= 4 is 12.8 Å². The van der Waals surface area contributed by atoms with Gasteiger partial charge in [-0.1, -0.05) is 26.0 Å². The SMILES string of the molecule is CN/C=C1/C=C(B2OC(C)(C)C(C)(C)O2)C=C(CC(C)C)C1=N. The highest BCUT2D eigenvalue weighted by molar-refractivity contribution is 6.56. The molecule has 1 aliphatic heterocycles. The van der Waals surface area contributed by atoms with Crippen molar-refractivity contribution < 1.29 is 9.31 Å². The predicted octanol–water partition coefficient (Wildman–Crippen LogP) is 3.65. The van der Waals surface area contributed by atoms with Gasteiger partial charge in [0.2, 0.25) is 0 Å². The number of allylic oxidation sites excluding steroid dienone is 5. The zero-order valence-electron chi connectivity index (χ0n) is 15.4. The van der Waals surface area contributed by atoms with Gasteiger partial charge in [-0.15, -0.1) is 0 Å². The molecule has 0 spiro atoms. The van der Waals surface area contributed by atoms with Gasteiger partial charge in [0.15, 0.2) is 0 Å². The fourth-order valence-electron chi connectivity index (χ4n) is 2.74. The van der Waals surface area contributed by atoms with Gasteiger partial charge in [0, 0.05) is 18.8 Å². The van der Waals surface area contributed by atoms with Gasteiger partial charge in [-0.25, -0.2) is 0 Å². The van der Waals surface area contributed by atoms with Crippen LogP contribution in [-0.2, 0) is 9.31 Å². The standard InChI is InChI=1S/C18H29BN2O2/c1-12(2)8-13-9-15(10-14(11-21-7)16(13)20)19-22-17(3,4)18(5,6)23-19/h9-12,20-21H,8H2,1-7H3/b14-11-,20-16?. The second-order valence-electron chi connectivity index (χ2n) is 7.76. The highest BCUT2D eigenvalue weighted by Gasteiger charge is 2.52. The molecule has 1 aliphatic carbocycles. The van der Waals surface area contributed by atoms with E-state index in [2.05, 4.69) is 52.9 Å². The lowest BCUT2D eigenvalue weighted by Gasteiger charge is -2.32. The molecule has 0 bridgehead atoms. The van der Waals surface area contributed by atoms with E-state index < -0.39 is 7.12 Å². The highest BCUT2D eigenvalue weighted by atomic mass is 16.7. The van der Waals surface area contributed by atoms with Crippen LogP contribution in [0.1, 0.15) is 48.0 Å². The lowest BCUT2D eigenvalue weighted by molar-refractivity contribution is 0.00578. The van der Waals surface area contributed by atoms with E-state index in [1.165, 1.54) is 0 Å². The minimum absolute atomic E-state index is 0.359. The molecule has 23 heavy (non-hydrogen) atoms. The minimum Gasteiger partial charge on any atom is -0.399 e. The van der Waals surface area contributed by atoms with Crippen molar-refractivity contribution in [1.29, 1.82) is 5.41 Å². The van der Waals surface area contributed by atoms with E-state index in [9.17, 15) is 0 Å². The number of rotatable bonds is 4. The van der Waals surface area contributed by atoms with E-state index >= 15 is 0 Å². The summed E-state index contributed by atoms with van der Waals surface area (Å²) < 4.78 is 12.3. The van der Waals surface area contributed by atoms with Crippen LogP contribution in [0.2, 0.25) is 0 Å². The Morgan fingerprint density at radius 2 is 1.74 bits per heavy atom. The first-order chi connectivity index (χ1) is 10.6. The summed E-state index contributed by atoms with van der Waals surface area (Å²) in [7, 11) is 1.46. The molecular formula is C18H29BN2O2. The molecule has 5 heteroatoms. The molecular weight excluding hydrogens is 287 g/mol. The van der Waals surface area contributed by atoms with Gasteiger partial charge in [-0.2, -0.15) is 0 Å². The largest absolute Gasteiger partial charge is 0.494 e. The molecule has 0 aromatic heterocycles. The topological polar surface area (TPSA) is 54.3 Å². The van der Waals surface area contributed by atoms with Crippen LogP contribution in [0.4, 0.5) is 0 Å². The molecule has 126 valence electrons. The molecule has 1 heterocycles. The van der Waals surface area contributed by atoms with Crippen LogP contribution in [0.25, 0.3) is 0 Å². The highest BCUT2D eigenvalue weighted by Crippen LogP contribution is 2.40. The average Bonchev–Trinajstić information content (AvgIpc) is 2.62. The van der Waals surface area contributed by atoms with Crippen molar-refractivity contribution in [2.45, 2.75) is 59.2 Å². The van der Waals surface area contributed by atoms with E-state index in [4.69, 9.17) is 14.7 Å². The quantitative estimate of drug-likeness (QED) is 0.778. The zero-order valence-corrected chi connectivity index (χ0v) is 15.4. The molecule has 0 atom stereocenters. The maximum atomic E-state index is 8.41. The summed E-state index contributed by atoms with van der Waals surface area (Å²) in [5.74, 6) is 0.495. The van der Waals surface area contributed by atoms with Crippen molar-refractivity contribution in [3.63, 3.8) is 0 Å². The van der Waals surface area contributed by atoms with Crippen LogP contribution >= 0.6 is 0 Å². The third-order valence-electron chi connectivity index (χ3n) is 4.73. The van der Waals surface area contributed by atoms with Gasteiger partial charge < -0.3 is 14.6 Å². The molecule has 0 radical (unpaired) electrons. The smallest absolute Gasteiger partial charge is 0.399 e. The van der Waals surface area contributed by atoms with Gasteiger partial charge in [-0.3, -0.25) is 5.41 Å². The van der Waals surface area contributed by atoms with E-state index in [1.54, 1.807) is 0 Å². The van der Waals surface area contributed by atoms with Crippen molar-refractivity contribution in [2.75, 3.05) is 7.05 Å². The van der Waals surface area contributed by atoms with Crippen LogP contribution < -0.4 is 5.32 Å². The molecule has 0 saturated carbocycles. The van der Waals surface area contributed by atoms with Crippen molar-refractivity contribution in [3.8, 4) is 0 Å². The Hall–Kier alpha value is -1.33. The Morgan fingerprint density at radius 3 is 2.22 bits per heavy atom. The number of hydrogen-bond donors (Lipinski definition) is 2. The molecule has 0 aromatic carbocycles. The summed E-state index contributed by atoms with van der Waals surface area (Å²) in [5, 5.41) is 11.4. The lowest BCUT2D eigenvalue weighted by atomic mass is 9.72. The monoisotopic (exact) mass is 316 g/mol. The van der Waals surface area contributed by atoms with Gasteiger partial charge in [0.05, 0.1) is 16.9 Å². The third kappa shape index (κ3) is 3.61. The Bertz CT molecular complexity index is 570. The molecule has 4 nitrogen and oxygen atoms in total. The molecule has 2 N–H and O–H groups in total. The zero-order chi connectivity index (χ0) is 17.4. The average molecular weight is 316 g/mol. The molecule has 1 saturated heterocycles. The summed E-state index contributed by atoms with van der Waals surface area (Å²) in [6.45, 7) is 12.6. The Morgan fingerprint density at radius 1 is 1.17 bits per heavy atom. The van der Waals surface area contributed by atoms with E-state index in [0.29, 0.717) is 11.6 Å². The van der Waals surface area contributed by atoms with E-state index in [-0.39, 0.29) is 11.2 Å². The second kappa shape index (κ2) is 6.29. The van der Waals surface area contributed by atoms with Crippen molar-refractivity contribution in [1.82, 2.24) is 5.32 Å². The Balaban J connectivity index is 2.36. The fourth-order valence-corrected chi connectivity index (χ4v) is 2.74. The second-order valence-corrected chi connectivity index (χ2v) is 7.76. The number of hydrogen-bond acceptors (Lipinski definition) is 4. The van der Waals surface area contributed by atoms with E-state index in [0.717, 1.165) is 23.0 Å². The number of nitrogens with one attached hydrogen (secondary N) is 2. The lowest BCUT2D eigenvalue weighted by Crippen LogP contribution is -2.41. The van der Waals surface area contributed by atoms with Crippen molar-refractivity contribution in [2.24, 2.45) is 5.92 Å². The molecule has 0 unspecified atom stereocenters. The fraction of sp³-hybridized carbons (Fsp3) is 0.611. The van der Waals surface area contributed by atoms with Crippen LogP contribution in [0.3, 0.4) is 0 Å². The maximum Gasteiger partial charge on any atom is 0.494 e. The summed E-state index contributed by atoms with van der Waals surface area (Å²) in [6, 6.07) is 0. The molecule has 0 amide bonds. The van der Waals surface area contributed by atoms with E-state index in [1.807, 2.05) is 19.3 Å². The Labute approximate surface area is 140 Å². The first-order valence-electron chi connectivity index (χ1n) is 8.32. The Kier molecular flexibility index (Phi) is 4.93. The predicted molar refractivity (Wildman–Crippen MR) is 96.6 cm³/mol. The van der Waals surface area contributed by atoms with Gasteiger partial charge in [0.25, 0.3) is 0 Å². The van der Waals surface area contributed by atoms with Crippen LogP contribution in [0, 0.1) is 11.3 Å². The van der Waals surface area contributed by atoms with Crippen LogP contribution in [0.5, 0.6) is 0 Å². The summed E-state index contributed by atoms with van der Waals surface area (Å²) in [4.78, 5) is 0. The molecule has 2 rings (SSSR count). The van der Waals surface area contributed by atoms with Crippen LogP contribution in [-0.4, -0.2) is 31.1 Å². The van der Waals surface area contributed by atoms with Gasteiger partial charge in [-0.05, 0) is 51.1 Å². The third-order valence-corrected chi connectivity index (χ3v) is 4.73. The van der Waals surface area contributed by atoms with Gasteiger partial charge in [0.1, 0.15) is 0 Å². The molecule has 2 aliphatic rings. The first-order valence-corrected chi connectivity index (χ1v) is 8.32. The van der Waals surface area contributed by atoms with Gasteiger partial charge >= 0.3 is 7.12 Å². The molecule has 1 fully saturated rings. The van der Waals surface area contributed by atoms with Crippen LogP contribution in [0.15, 0.2) is 35.0 Å². The normalized spacial score (nSPS) is 25.0. The molecule has 0 aromatic rings. The summed E-state index contributed by atoms with van der Waals surface area (Å²) in [6.07, 6.45) is 6.79.